The van der Waals surface area contributed by atoms with Crippen LogP contribution in [0, 0.1) is 0 Å². The van der Waals surface area contributed by atoms with E-state index in [2.05, 4.69) is 20.7 Å². The van der Waals surface area contributed by atoms with Crippen LogP contribution in [0.25, 0.3) is 0 Å². The van der Waals surface area contributed by atoms with Gasteiger partial charge in [0, 0.05) is 10.5 Å². The first-order chi connectivity index (χ1) is 8.03. The molecule has 1 N–H and O–H groups in total. The Morgan fingerprint density at radius 1 is 1.41 bits per heavy atom. The quantitative estimate of drug-likeness (QED) is 0.928. The molecule has 0 radical (unpaired) electrons. The summed E-state index contributed by atoms with van der Waals surface area (Å²) in [4.78, 5) is 0.412. The van der Waals surface area contributed by atoms with Crippen molar-refractivity contribution in [2.24, 2.45) is 0 Å². The van der Waals surface area contributed by atoms with Gasteiger partial charge in [-0.25, -0.2) is 13.1 Å². The van der Waals surface area contributed by atoms with Crippen LogP contribution in [0.5, 0.6) is 0 Å². The van der Waals surface area contributed by atoms with Gasteiger partial charge in [-0.3, -0.25) is 0 Å². The lowest BCUT2D eigenvalue weighted by Crippen LogP contribution is -2.39. The number of rotatable bonds is 4. The molecule has 1 aromatic rings. The van der Waals surface area contributed by atoms with Crippen LogP contribution in [0.4, 0.5) is 0 Å². The predicted octanol–water partition coefficient (Wildman–Crippen LogP) is 2.84. The highest BCUT2D eigenvalue weighted by Crippen LogP contribution is 2.24. The average Bonchev–Trinajstić information content (AvgIpc) is 2.23. The van der Waals surface area contributed by atoms with E-state index in [-0.39, 0.29) is 6.04 Å². The first-order valence-corrected chi connectivity index (χ1v) is 8.11. The Balaban J connectivity index is 2.31. The maximum atomic E-state index is 12.2. The van der Waals surface area contributed by atoms with Gasteiger partial charge in [0.15, 0.2) is 0 Å². The van der Waals surface area contributed by atoms with Crippen LogP contribution in [-0.2, 0) is 16.4 Å². The Labute approximate surface area is 111 Å². The third-order valence-electron chi connectivity index (χ3n) is 3.12. The van der Waals surface area contributed by atoms with E-state index >= 15 is 0 Å². The highest BCUT2D eigenvalue weighted by Gasteiger charge is 2.25. The number of halogens is 1. The molecule has 1 aliphatic rings. The van der Waals surface area contributed by atoms with Crippen molar-refractivity contribution in [3.8, 4) is 0 Å². The van der Waals surface area contributed by atoms with Crippen molar-refractivity contribution in [3.05, 3.63) is 28.2 Å². The standard InChI is InChI=1S/C12H16BrNO2S/c1-2-9-8-10(13)6-7-12(9)17(15,16)14-11-4-3-5-11/h6-8,11,14H,2-5H2,1H3. The largest absolute Gasteiger partial charge is 0.241 e. The van der Waals surface area contributed by atoms with E-state index in [1.807, 2.05) is 13.0 Å². The molecule has 94 valence electrons. The predicted molar refractivity (Wildman–Crippen MR) is 71.5 cm³/mol. The molecule has 0 aromatic heterocycles. The van der Waals surface area contributed by atoms with Crippen molar-refractivity contribution in [2.45, 2.75) is 43.5 Å². The number of benzene rings is 1. The SMILES string of the molecule is CCc1cc(Br)ccc1S(=O)(=O)NC1CCC1. The van der Waals surface area contributed by atoms with Gasteiger partial charge < -0.3 is 0 Å². The lowest BCUT2D eigenvalue weighted by atomic mass is 9.94. The van der Waals surface area contributed by atoms with E-state index in [1.54, 1.807) is 12.1 Å². The molecule has 1 aliphatic carbocycles. The zero-order chi connectivity index (χ0) is 12.5. The second kappa shape index (κ2) is 5.08. The van der Waals surface area contributed by atoms with E-state index in [4.69, 9.17) is 0 Å². The summed E-state index contributed by atoms with van der Waals surface area (Å²) < 4.78 is 28.1. The summed E-state index contributed by atoms with van der Waals surface area (Å²) in [5.41, 5.74) is 0.853. The van der Waals surface area contributed by atoms with E-state index in [1.165, 1.54) is 0 Å². The normalized spacial score (nSPS) is 16.8. The molecule has 1 saturated carbocycles. The van der Waals surface area contributed by atoms with Crippen molar-refractivity contribution in [1.29, 1.82) is 0 Å². The maximum absolute atomic E-state index is 12.2. The van der Waals surface area contributed by atoms with Crippen LogP contribution >= 0.6 is 15.9 Å². The smallest absolute Gasteiger partial charge is 0.208 e. The fraction of sp³-hybridized carbons (Fsp3) is 0.500. The number of hydrogen-bond donors (Lipinski definition) is 1. The van der Waals surface area contributed by atoms with Gasteiger partial charge in [-0.05, 0) is 43.0 Å². The highest BCUT2D eigenvalue weighted by molar-refractivity contribution is 9.10. The lowest BCUT2D eigenvalue weighted by Gasteiger charge is -2.26. The van der Waals surface area contributed by atoms with Crippen molar-refractivity contribution >= 4 is 26.0 Å². The number of aryl methyl sites for hydroxylation is 1. The van der Waals surface area contributed by atoms with Gasteiger partial charge in [0.25, 0.3) is 0 Å². The number of sulfonamides is 1. The second-order valence-electron chi connectivity index (χ2n) is 4.35. The first-order valence-electron chi connectivity index (χ1n) is 5.83. The summed E-state index contributed by atoms with van der Waals surface area (Å²) in [6.07, 6.45) is 3.74. The molecule has 0 aliphatic heterocycles. The van der Waals surface area contributed by atoms with Crippen molar-refractivity contribution in [2.75, 3.05) is 0 Å². The molecule has 0 spiro atoms. The first kappa shape index (κ1) is 13.1. The van der Waals surface area contributed by atoms with Crippen molar-refractivity contribution in [3.63, 3.8) is 0 Å². The van der Waals surface area contributed by atoms with Gasteiger partial charge in [-0.15, -0.1) is 0 Å². The number of hydrogen-bond acceptors (Lipinski definition) is 2. The molecule has 0 atom stereocenters. The fourth-order valence-corrected chi connectivity index (χ4v) is 3.90. The Morgan fingerprint density at radius 3 is 2.65 bits per heavy atom. The minimum atomic E-state index is -3.35. The molecule has 1 aromatic carbocycles. The average molecular weight is 318 g/mol. The van der Waals surface area contributed by atoms with Crippen LogP contribution in [0.1, 0.15) is 31.7 Å². The van der Waals surface area contributed by atoms with Crippen molar-refractivity contribution < 1.29 is 8.42 Å². The number of nitrogens with one attached hydrogen (secondary N) is 1. The molecule has 17 heavy (non-hydrogen) atoms. The minimum absolute atomic E-state index is 0.133. The van der Waals surface area contributed by atoms with E-state index in [0.29, 0.717) is 11.3 Å². The topological polar surface area (TPSA) is 46.2 Å². The van der Waals surface area contributed by atoms with E-state index in [0.717, 1.165) is 29.3 Å². The van der Waals surface area contributed by atoms with Crippen LogP contribution in [-0.4, -0.2) is 14.5 Å². The van der Waals surface area contributed by atoms with Crippen molar-refractivity contribution in [1.82, 2.24) is 4.72 Å². The van der Waals surface area contributed by atoms with Gasteiger partial charge in [-0.2, -0.15) is 0 Å². The van der Waals surface area contributed by atoms with Gasteiger partial charge in [0.1, 0.15) is 0 Å². The third-order valence-corrected chi connectivity index (χ3v) is 5.23. The van der Waals surface area contributed by atoms with E-state index < -0.39 is 10.0 Å². The van der Waals surface area contributed by atoms with Gasteiger partial charge in [-0.1, -0.05) is 29.3 Å². The van der Waals surface area contributed by atoms with Crippen LogP contribution in [0.15, 0.2) is 27.6 Å². The summed E-state index contributed by atoms with van der Waals surface area (Å²) in [6, 6.07) is 5.45. The summed E-state index contributed by atoms with van der Waals surface area (Å²) in [6.45, 7) is 1.96. The third kappa shape index (κ3) is 2.89. The Morgan fingerprint density at radius 2 is 2.12 bits per heavy atom. The fourth-order valence-electron chi connectivity index (χ4n) is 1.90. The molecule has 1 fully saturated rings. The van der Waals surface area contributed by atoms with Gasteiger partial charge >= 0.3 is 0 Å². The Hall–Kier alpha value is -0.390. The van der Waals surface area contributed by atoms with Crippen LogP contribution < -0.4 is 4.72 Å². The summed E-state index contributed by atoms with van der Waals surface area (Å²) >= 11 is 3.36. The molecular formula is C12H16BrNO2S. The molecule has 0 unspecified atom stereocenters. The van der Waals surface area contributed by atoms with Gasteiger partial charge in [0.05, 0.1) is 4.90 Å². The monoisotopic (exact) mass is 317 g/mol. The highest BCUT2D eigenvalue weighted by atomic mass is 79.9. The molecule has 0 saturated heterocycles. The minimum Gasteiger partial charge on any atom is -0.208 e. The summed E-state index contributed by atoms with van der Waals surface area (Å²) in [5.74, 6) is 0. The van der Waals surface area contributed by atoms with Gasteiger partial charge in [0.2, 0.25) is 10.0 Å². The second-order valence-corrected chi connectivity index (χ2v) is 6.95. The zero-order valence-corrected chi connectivity index (χ0v) is 12.1. The molecular weight excluding hydrogens is 302 g/mol. The summed E-state index contributed by atoms with van der Waals surface area (Å²) in [5, 5.41) is 0. The molecule has 3 nitrogen and oxygen atoms in total. The molecule has 5 heteroatoms. The Kier molecular flexibility index (Phi) is 3.90. The lowest BCUT2D eigenvalue weighted by molar-refractivity contribution is 0.383. The molecule has 0 amide bonds. The van der Waals surface area contributed by atoms with Crippen LogP contribution in [0.2, 0.25) is 0 Å². The van der Waals surface area contributed by atoms with Crippen LogP contribution in [0.3, 0.4) is 0 Å². The zero-order valence-electron chi connectivity index (χ0n) is 9.74. The summed E-state index contributed by atoms with van der Waals surface area (Å²) in [7, 11) is -3.35. The molecule has 2 rings (SSSR count). The Bertz CT molecular complexity index is 509. The maximum Gasteiger partial charge on any atom is 0.241 e. The molecule has 0 heterocycles. The van der Waals surface area contributed by atoms with E-state index in [9.17, 15) is 8.42 Å². The molecule has 0 bridgehead atoms.